The van der Waals surface area contributed by atoms with Crippen molar-refractivity contribution in [2.24, 2.45) is 5.92 Å². The fourth-order valence-corrected chi connectivity index (χ4v) is 3.19. The molecule has 0 aromatic carbocycles. The fourth-order valence-electron chi connectivity index (χ4n) is 2.12. The third-order valence-corrected chi connectivity index (χ3v) is 5.73. The van der Waals surface area contributed by atoms with E-state index < -0.39 is 11.5 Å². The number of hydrogen-bond donors (Lipinski definition) is 2. The van der Waals surface area contributed by atoms with Crippen molar-refractivity contribution in [3.8, 4) is 0 Å². The van der Waals surface area contributed by atoms with E-state index >= 15 is 0 Å². The highest BCUT2D eigenvalue weighted by molar-refractivity contribution is 7.99. The van der Waals surface area contributed by atoms with Crippen molar-refractivity contribution in [1.29, 1.82) is 0 Å². The Balaban J connectivity index is 2.38. The Morgan fingerprint density at radius 2 is 2.05 bits per heavy atom. The van der Waals surface area contributed by atoms with Crippen LogP contribution in [0, 0.1) is 5.92 Å². The summed E-state index contributed by atoms with van der Waals surface area (Å²) in [7, 11) is 0. The molecule has 3 nitrogen and oxygen atoms in total. The summed E-state index contributed by atoms with van der Waals surface area (Å²) in [5.41, 5.74) is -0.692. The quantitative estimate of drug-likeness (QED) is 0.604. The molecule has 1 aliphatic rings. The summed E-state index contributed by atoms with van der Waals surface area (Å²) in [5, 5.41) is 13.5. The first kappa shape index (κ1) is 16.8. The van der Waals surface area contributed by atoms with Gasteiger partial charge >= 0.3 is 5.97 Å². The highest BCUT2D eigenvalue weighted by Gasteiger charge is 2.40. The molecule has 1 rings (SSSR count). The summed E-state index contributed by atoms with van der Waals surface area (Å²) in [6.45, 7) is 8.70. The summed E-state index contributed by atoms with van der Waals surface area (Å²) in [4.78, 5) is 11.6. The van der Waals surface area contributed by atoms with E-state index in [0.29, 0.717) is 23.6 Å². The van der Waals surface area contributed by atoms with Crippen molar-refractivity contribution in [2.75, 3.05) is 5.75 Å². The molecule has 0 bridgehead atoms. The minimum absolute atomic E-state index is 0.443. The van der Waals surface area contributed by atoms with E-state index in [1.807, 2.05) is 18.7 Å². The largest absolute Gasteiger partial charge is 0.480 e. The van der Waals surface area contributed by atoms with Gasteiger partial charge in [0, 0.05) is 11.3 Å². The normalized spacial score (nSPS) is 20.3. The zero-order valence-corrected chi connectivity index (χ0v) is 13.6. The van der Waals surface area contributed by atoms with Gasteiger partial charge < -0.3 is 5.11 Å². The Morgan fingerprint density at radius 3 is 2.47 bits per heavy atom. The molecule has 0 aromatic rings. The van der Waals surface area contributed by atoms with Gasteiger partial charge in [-0.3, -0.25) is 10.1 Å². The van der Waals surface area contributed by atoms with Gasteiger partial charge in [0.05, 0.1) is 0 Å². The van der Waals surface area contributed by atoms with Crippen molar-refractivity contribution < 1.29 is 9.90 Å². The van der Waals surface area contributed by atoms with E-state index in [0.717, 1.165) is 31.4 Å². The molecule has 0 saturated heterocycles. The summed E-state index contributed by atoms with van der Waals surface area (Å²) in [6.07, 6.45) is 4.65. The Bertz CT molecular complexity index is 292. The fraction of sp³-hybridized carbons (Fsp3) is 0.933. The second-order valence-corrected chi connectivity index (χ2v) is 7.57. The maximum absolute atomic E-state index is 11.6. The minimum atomic E-state index is -0.692. The third-order valence-electron chi connectivity index (χ3n) is 4.14. The number of carbonyl (C=O) groups is 1. The first-order valence-electron chi connectivity index (χ1n) is 7.54. The molecule has 1 aliphatic carbocycles. The van der Waals surface area contributed by atoms with Crippen molar-refractivity contribution in [1.82, 2.24) is 5.32 Å². The standard InChI is InChI=1S/C15H29NO2S/c1-5-15(14(17)18,16-13-7-8-13)9-6-10-19-12(4)11(2)3/h11-13,16H,5-10H2,1-4H3,(H,17,18). The van der Waals surface area contributed by atoms with Gasteiger partial charge in [-0.05, 0) is 43.8 Å². The Kier molecular flexibility index (Phi) is 6.67. The van der Waals surface area contributed by atoms with Crippen LogP contribution in [0.2, 0.25) is 0 Å². The number of nitrogens with one attached hydrogen (secondary N) is 1. The Hall–Kier alpha value is -0.220. The molecule has 2 unspecified atom stereocenters. The van der Waals surface area contributed by atoms with Gasteiger partial charge in [0.1, 0.15) is 5.54 Å². The molecule has 0 aliphatic heterocycles. The zero-order valence-electron chi connectivity index (χ0n) is 12.7. The smallest absolute Gasteiger partial charge is 0.323 e. The molecule has 19 heavy (non-hydrogen) atoms. The van der Waals surface area contributed by atoms with Crippen LogP contribution in [0.1, 0.15) is 59.8 Å². The molecule has 1 fully saturated rings. The number of aliphatic carboxylic acids is 1. The van der Waals surface area contributed by atoms with Gasteiger partial charge in [-0.1, -0.05) is 27.7 Å². The number of thioether (sulfide) groups is 1. The SMILES string of the molecule is CCC(CCCSC(C)C(C)C)(NC1CC1)C(=O)O. The van der Waals surface area contributed by atoms with Crippen LogP contribution in [0.15, 0.2) is 0 Å². The average Bonchev–Trinajstić information content (AvgIpc) is 3.16. The number of rotatable bonds is 10. The zero-order chi connectivity index (χ0) is 14.5. The van der Waals surface area contributed by atoms with E-state index in [4.69, 9.17) is 0 Å². The molecule has 4 heteroatoms. The molecule has 0 radical (unpaired) electrons. The Morgan fingerprint density at radius 1 is 1.42 bits per heavy atom. The first-order chi connectivity index (χ1) is 8.91. The Labute approximate surface area is 121 Å². The number of carboxylic acid groups (broad SMARTS) is 1. The lowest BCUT2D eigenvalue weighted by atomic mass is 9.90. The number of carboxylic acids is 1. The summed E-state index contributed by atoms with van der Waals surface area (Å²) in [6, 6.07) is 0.443. The van der Waals surface area contributed by atoms with Crippen LogP contribution in [0.4, 0.5) is 0 Å². The van der Waals surface area contributed by atoms with Crippen LogP contribution in [-0.2, 0) is 4.79 Å². The molecule has 2 N–H and O–H groups in total. The predicted octanol–water partition coefficient (Wildman–Crippen LogP) is 3.53. The van der Waals surface area contributed by atoms with Crippen LogP contribution >= 0.6 is 11.8 Å². The first-order valence-corrected chi connectivity index (χ1v) is 8.59. The lowest BCUT2D eigenvalue weighted by molar-refractivity contribution is -0.145. The summed E-state index contributed by atoms with van der Waals surface area (Å²) >= 11 is 1.96. The van der Waals surface area contributed by atoms with Crippen LogP contribution in [0.3, 0.4) is 0 Å². The van der Waals surface area contributed by atoms with Crippen LogP contribution in [-0.4, -0.2) is 33.7 Å². The molecule has 0 amide bonds. The molecule has 112 valence electrons. The minimum Gasteiger partial charge on any atom is -0.480 e. The van der Waals surface area contributed by atoms with Crippen molar-refractivity contribution in [3.63, 3.8) is 0 Å². The van der Waals surface area contributed by atoms with Gasteiger partial charge in [-0.15, -0.1) is 0 Å². The van der Waals surface area contributed by atoms with E-state index in [-0.39, 0.29) is 0 Å². The highest BCUT2D eigenvalue weighted by Crippen LogP contribution is 2.28. The topological polar surface area (TPSA) is 49.3 Å². The van der Waals surface area contributed by atoms with Crippen molar-refractivity contribution >= 4 is 17.7 Å². The van der Waals surface area contributed by atoms with E-state index in [9.17, 15) is 9.90 Å². The van der Waals surface area contributed by atoms with Gasteiger partial charge in [0.25, 0.3) is 0 Å². The van der Waals surface area contributed by atoms with Crippen LogP contribution in [0.5, 0.6) is 0 Å². The third kappa shape index (κ3) is 5.35. The van der Waals surface area contributed by atoms with Crippen LogP contribution < -0.4 is 5.32 Å². The second-order valence-electron chi connectivity index (χ2n) is 6.08. The van der Waals surface area contributed by atoms with Gasteiger partial charge in [0.2, 0.25) is 0 Å². The molecule has 0 heterocycles. The highest BCUT2D eigenvalue weighted by atomic mass is 32.2. The average molecular weight is 287 g/mol. The molecular weight excluding hydrogens is 258 g/mol. The second kappa shape index (κ2) is 7.53. The molecule has 2 atom stereocenters. The van der Waals surface area contributed by atoms with E-state index in [1.54, 1.807) is 0 Å². The lowest BCUT2D eigenvalue weighted by Gasteiger charge is -2.30. The summed E-state index contributed by atoms with van der Waals surface area (Å²) < 4.78 is 0. The van der Waals surface area contributed by atoms with Gasteiger partial charge in [-0.2, -0.15) is 11.8 Å². The van der Waals surface area contributed by atoms with Crippen molar-refractivity contribution in [3.05, 3.63) is 0 Å². The maximum atomic E-state index is 11.6. The molecular formula is C15H29NO2S. The molecule has 0 aromatic heterocycles. The summed E-state index contributed by atoms with van der Waals surface area (Å²) in [5.74, 6) is 1.06. The van der Waals surface area contributed by atoms with Gasteiger partial charge in [0.15, 0.2) is 0 Å². The van der Waals surface area contributed by atoms with E-state index in [1.165, 1.54) is 0 Å². The van der Waals surface area contributed by atoms with Gasteiger partial charge in [-0.25, -0.2) is 0 Å². The predicted molar refractivity (Wildman–Crippen MR) is 82.8 cm³/mol. The van der Waals surface area contributed by atoms with Crippen molar-refractivity contribution in [2.45, 2.75) is 76.6 Å². The monoisotopic (exact) mass is 287 g/mol. The molecule has 1 saturated carbocycles. The lowest BCUT2D eigenvalue weighted by Crippen LogP contribution is -2.52. The molecule has 0 spiro atoms. The number of hydrogen-bond acceptors (Lipinski definition) is 3. The van der Waals surface area contributed by atoms with Crippen LogP contribution in [0.25, 0.3) is 0 Å². The van der Waals surface area contributed by atoms with E-state index in [2.05, 4.69) is 26.1 Å². The maximum Gasteiger partial charge on any atom is 0.323 e.